The second-order valence-electron chi connectivity index (χ2n) is 6.25. The van der Waals surface area contributed by atoms with Crippen molar-refractivity contribution in [1.82, 2.24) is 9.62 Å². The first-order valence-electron chi connectivity index (χ1n) is 7.90. The van der Waals surface area contributed by atoms with Gasteiger partial charge in [-0.25, -0.2) is 13.1 Å². The molecule has 1 fully saturated rings. The highest BCUT2D eigenvalue weighted by Gasteiger charge is 2.26. The van der Waals surface area contributed by atoms with Gasteiger partial charge >= 0.3 is 0 Å². The van der Waals surface area contributed by atoms with Gasteiger partial charge in [-0.15, -0.1) is 12.4 Å². The SMILES string of the molecule is Cc1ccc(S(=O)(=O)NCC2CCCN(C(=O)[C@@H](C)N)C2)cc1.Cl. The van der Waals surface area contributed by atoms with E-state index in [0.717, 1.165) is 18.4 Å². The molecule has 136 valence electrons. The van der Waals surface area contributed by atoms with Crippen LogP contribution >= 0.6 is 12.4 Å². The van der Waals surface area contributed by atoms with E-state index >= 15 is 0 Å². The third kappa shape index (κ3) is 5.44. The van der Waals surface area contributed by atoms with E-state index in [-0.39, 0.29) is 29.1 Å². The fraction of sp³-hybridized carbons (Fsp3) is 0.562. The van der Waals surface area contributed by atoms with Gasteiger partial charge in [0, 0.05) is 19.6 Å². The lowest BCUT2D eigenvalue weighted by atomic mass is 9.98. The number of hydrogen-bond acceptors (Lipinski definition) is 4. The third-order valence-corrected chi connectivity index (χ3v) is 5.55. The van der Waals surface area contributed by atoms with Gasteiger partial charge in [0.05, 0.1) is 10.9 Å². The first-order valence-corrected chi connectivity index (χ1v) is 9.38. The normalized spacial score (nSPS) is 19.5. The van der Waals surface area contributed by atoms with Gasteiger partial charge in [0.1, 0.15) is 0 Å². The maximum Gasteiger partial charge on any atom is 0.240 e. The first kappa shape index (κ1) is 20.9. The van der Waals surface area contributed by atoms with Gasteiger partial charge in [0.2, 0.25) is 15.9 Å². The molecule has 1 heterocycles. The summed E-state index contributed by atoms with van der Waals surface area (Å²) in [6.45, 7) is 5.17. The largest absolute Gasteiger partial charge is 0.341 e. The number of nitrogens with zero attached hydrogens (tertiary/aromatic N) is 1. The van der Waals surface area contributed by atoms with E-state index in [0.29, 0.717) is 19.6 Å². The molecular weight excluding hydrogens is 350 g/mol. The summed E-state index contributed by atoms with van der Waals surface area (Å²) in [4.78, 5) is 14.0. The Labute approximate surface area is 150 Å². The van der Waals surface area contributed by atoms with E-state index in [1.54, 1.807) is 36.1 Å². The van der Waals surface area contributed by atoms with E-state index in [1.165, 1.54) is 0 Å². The lowest BCUT2D eigenvalue weighted by Gasteiger charge is -2.33. The van der Waals surface area contributed by atoms with E-state index in [4.69, 9.17) is 5.73 Å². The molecule has 1 amide bonds. The van der Waals surface area contributed by atoms with Crippen LogP contribution in [0.1, 0.15) is 25.3 Å². The summed E-state index contributed by atoms with van der Waals surface area (Å²) in [6, 6.07) is 6.24. The van der Waals surface area contributed by atoms with E-state index < -0.39 is 16.1 Å². The lowest BCUT2D eigenvalue weighted by Crippen LogP contribution is -2.48. The van der Waals surface area contributed by atoms with Crippen LogP contribution in [-0.2, 0) is 14.8 Å². The summed E-state index contributed by atoms with van der Waals surface area (Å²) in [5.41, 5.74) is 6.66. The predicted molar refractivity (Wildman–Crippen MR) is 96.6 cm³/mol. The molecule has 0 radical (unpaired) electrons. The maximum absolute atomic E-state index is 12.3. The Bertz CT molecular complexity index is 647. The number of carbonyl (C=O) groups is 1. The van der Waals surface area contributed by atoms with Gasteiger partial charge < -0.3 is 10.6 Å². The number of amides is 1. The summed E-state index contributed by atoms with van der Waals surface area (Å²) >= 11 is 0. The second-order valence-corrected chi connectivity index (χ2v) is 8.01. The quantitative estimate of drug-likeness (QED) is 0.810. The van der Waals surface area contributed by atoms with Crippen LogP contribution in [0.15, 0.2) is 29.2 Å². The zero-order valence-corrected chi connectivity index (χ0v) is 15.7. The Morgan fingerprint density at radius 2 is 2.00 bits per heavy atom. The number of benzene rings is 1. The van der Waals surface area contributed by atoms with Crippen molar-refractivity contribution >= 4 is 28.3 Å². The van der Waals surface area contributed by atoms with Crippen LogP contribution < -0.4 is 10.5 Å². The van der Waals surface area contributed by atoms with E-state index in [9.17, 15) is 13.2 Å². The Morgan fingerprint density at radius 1 is 1.38 bits per heavy atom. The van der Waals surface area contributed by atoms with Crippen LogP contribution in [0.4, 0.5) is 0 Å². The number of nitrogens with one attached hydrogen (secondary N) is 1. The molecular formula is C16H26ClN3O3S. The molecule has 0 spiro atoms. The van der Waals surface area contributed by atoms with Crippen molar-refractivity contribution in [1.29, 1.82) is 0 Å². The van der Waals surface area contributed by atoms with Crippen LogP contribution in [0.3, 0.4) is 0 Å². The van der Waals surface area contributed by atoms with Gasteiger partial charge in [0.25, 0.3) is 0 Å². The summed E-state index contributed by atoms with van der Waals surface area (Å²) in [7, 11) is -3.51. The molecule has 0 saturated carbocycles. The number of hydrogen-bond donors (Lipinski definition) is 2. The molecule has 6 nitrogen and oxygen atoms in total. The second kappa shape index (κ2) is 8.80. The molecule has 0 aliphatic carbocycles. The molecule has 8 heteroatoms. The average Bonchev–Trinajstić information content (AvgIpc) is 2.53. The molecule has 2 atom stereocenters. The minimum atomic E-state index is -3.51. The summed E-state index contributed by atoms with van der Waals surface area (Å²) in [5.74, 6) is 0.0442. The van der Waals surface area contributed by atoms with Crippen LogP contribution in [0.2, 0.25) is 0 Å². The molecule has 0 bridgehead atoms. The summed E-state index contributed by atoms with van der Waals surface area (Å²) in [5, 5.41) is 0. The molecule has 3 N–H and O–H groups in total. The van der Waals surface area contributed by atoms with Gasteiger partial charge in [0.15, 0.2) is 0 Å². The van der Waals surface area contributed by atoms with Gasteiger partial charge in [-0.2, -0.15) is 0 Å². The zero-order chi connectivity index (χ0) is 17.0. The molecule has 1 aliphatic rings. The number of carbonyl (C=O) groups excluding carboxylic acids is 1. The maximum atomic E-state index is 12.3. The monoisotopic (exact) mass is 375 g/mol. The van der Waals surface area contributed by atoms with Gasteiger partial charge in [-0.3, -0.25) is 4.79 Å². The van der Waals surface area contributed by atoms with E-state index in [1.807, 2.05) is 6.92 Å². The molecule has 1 saturated heterocycles. The number of aryl methyl sites for hydroxylation is 1. The molecule has 1 aromatic carbocycles. The fourth-order valence-corrected chi connectivity index (χ4v) is 3.86. The van der Waals surface area contributed by atoms with Crippen molar-refractivity contribution in [3.05, 3.63) is 29.8 Å². The third-order valence-electron chi connectivity index (χ3n) is 4.11. The van der Waals surface area contributed by atoms with Crippen molar-refractivity contribution in [2.45, 2.75) is 37.6 Å². The highest BCUT2D eigenvalue weighted by atomic mass is 35.5. The minimum absolute atomic E-state index is 0. The van der Waals surface area contributed by atoms with Gasteiger partial charge in [-0.05, 0) is 44.7 Å². The average molecular weight is 376 g/mol. The molecule has 1 aromatic rings. The van der Waals surface area contributed by atoms with E-state index in [2.05, 4.69) is 4.72 Å². The minimum Gasteiger partial charge on any atom is -0.341 e. The smallest absolute Gasteiger partial charge is 0.240 e. The Hall–Kier alpha value is -1.15. The highest BCUT2D eigenvalue weighted by molar-refractivity contribution is 7.89. The molecule has 24 heavy (non-hydrogen) atoms. The van der Waals surface area contributed by atoms with Crippen molar-refractivity contribution in [2.24, 2.45) is 11.7 Å². The summed E-state index contributed by atoms with van der Waals surface area (Å²) in [6.07, 6.45) is 1.77. The van der Waals surface area contributed by atoms with Crippen LogP contribution in [-0.4, -0.2) is 44.9 Å². The van der Waals surface area contributed by atoms with Crippen LogP contribution in [0, 0.1) is 12.8 Å². The van der Waals surface area contributed by atoms with Crippen LogP contribution in [0.5, 0.6) is 0 Å². The topological polar surface area (TPSA) is 92.5 Å². The first-order chi connectivity index (χ1) is 10.8. The number of halogens is 1. The number of rotatable bonds is 5. The zero-order valence-electron chi connectivity index (χ0n) is 14.1. The van der Waals surface area contributed by atoms with Crippen LogP contribution in [0.25, 0.3) is 0 Å². The highest BCUT2D eigenvalue weighted by Crippen LogP contribution is 2.17. The number of likely N-dealkylation sites (tertiary alicyclic amines) is 1. The molecule has 1 unspecified atom stereocenters. The molecule has 2 rings (SSSR count). The Balaban J connectivity index is 0.00000288. The standard InChI is InChI=1S/C16H25N3O3S.ClH/c1-12-5-7-15(8-6-12)23(21,22)18-10-14-4-3-9-19(11-14)16(20)13(2)17;/h5-8,13-14,18H,3-4,9-11,17H2,1-2H3;1H/t13-,14?;/m1./s1. The van der Waals surface area contributed by atoms with Gasteiger partial charge in [-0.1, -0.05) is 17.7 Å². The van der Waals surface area contributed by atoms with Crippen molar-refractivity contribution in [3.8, 4) is 0 Å². The number of sulfonamides is 1. The molecule has 1 aliphatic heterocycles. The number of piperidine rings is 1. The molecule has 0 aromatic heterocycles. The number of nitrogens with two attached hydrogens (primary N) is 1. The predicted octanol–water partition coefficient (Wildman–Crippen LogP) is 1.28. The lowest BCUT2D eigenvalue weighted by molar-refractivity contribution is -0.133. The summed E-state index contributed by atoms with van der Waals surface area (Å²) < 4.78 is 27.3. The van der Waals surface area contributed by atoms with Crippen molar-refractivity contribution < 1.29 is 13.2 Å². The van der Waals surface area contributed by atoms with Crippen molar-refractivity contribution in [2.75, 3.05) is 19.6 Å². The Morgan fingerprint density at radius 3 is 2.58 bits per heavy atom. The fourth-order valence-electron chi connectivity index (χ4n) is 2.75. The Kier molecular flexibility index (Phi) is 7.66. The van der Waals surface area contributed by atoms with Crippen molar-refractivity contribution in [3.63, 3.8) is 0 Å².